The maximum atomic E-state index is 9.58. The molecule has 134 valence electrons. The molecule has 0 fully saturated rings. The summed E-state index contributed by atoms with van der Waals surface area (Å²) in [6.07, 6.45) is 4.01. The van der Waals surface area contributed by atoms with Crippen molar-refractivity contribution >= 4 is 21.6 Å². The molecule has 0 saturated carbocycles. The predicted molar refractivity (Wildman–Crippen MR) is 106 cm³/mol. The number of hydrazone groups is 1. The highest BCUT2D eigenvalue weighted by atomic mass is 79.9. The average molecular weight is 422 g/mol. The maximum Gasteiger partial charge on any atom is 0.213 e. The number of phenols is 1. The van der Waals surface area contributed by atoms with E-state index in [0.717, 1.165) is 39.0 Å². The van der Waals surface area contributed by atoms with Crippen molar-refractivity contribution in [1.29, 1.82) is 0 Å². The SMILES string of the molecule is Oc1ccc(C2=NN3[C@@H](c4ccncc4)Oc4ccc(Br)cc4[C@@H]3C2)cc1. The van der Waals surface area contributed by atoms with E-state index >= 15 is 0 Å². The lowest BCUT2D eigenvalue weighted by atomic mass is 9.96. The van der Waals surface area contributed by atoms with Gasteiger partial charge in [-0.15, -0.1) is 0 Å². The summed E-state index contributed by atoms with van der Waals surface area (Å²) in [7, 11) is 0. The Kier molecular flexibility index (Phi) is 3.86. The molecule has 0 amide bonds. The van der Waals surface area contributed by atoms with Crippen LogP contribution in [0, 0.1) is 0 Å². The van der Waals surface area contributed by atoms with Crippen molar-refractivity contribution in [3.05, 3.63) is 88.2 Å². The van der Waals surface area contributed by atoms with E-state index in [0.29, 0.717) is 0 Å². The Hall–Kier alpha value is -2.86. The summed E-state index contributed by atoms with van der Waals surface area (Å²) in [6, 6.07) is 17.3. The first-order chi connectivity index (χ1) is 13.2. The highest BCUT2D eigenvalue weighted by molar-refractivity contribution is 9.10. The summed E-state index contributed by atoms with van der Waals surface area (Å²) in [5, 5.41) is 16.5. The van der Waals surface area contributed by atoms with Crippen LogP contribution < -0.4 is 4.74 Å². The summed E-state index contributed by atoms with van der Waals surface area (Å²) in [5.74, 6) is 1.13. The van der Waals surface area contributed by atoms with Gasteiger partial charge >= 0.3 is 0 Å². The molecule has 3 heterocycles. The zero-order chi connectivity index (χ0) is 18.4. The van der Waals surface area contributed by atoms with Crippen LogP contribution in [0.25, 0.3) is 0 Å². The maximum absolute atomic E-state index is 9.58. The van der Waals surface area contributed by atoms with Crippen molar-refractivity contribution in [2.24, 2.45) is 5.10 Å². The number of ether oxygens (including phenoxy) is 1. The van der Waals surface area contributed by atoms with E-state index in [1.807, 2.05) is 41.4 Å². The zero-order valence-electron chi connectivity index (χ0n) is 14.3. The molecule has 1 aromatic heterocycles. The first-order valence-corrected chi connectivity index (χ1v) is 9.49. The van der Waals surface area contributed by atoms with Gasteiger partial charge in [0.2, 0.25) is 6.23 Å². The van der Waals surface area contributed by atoms with Crippen molar-refractivity contribution in [2.75, 3.05) is 0 Å². The van der Waals surface area contributed by atoms with Gasteiger partial charge in [-0.05, 0) is 60.2 Å². The second-order valence-electron chi connectivity index (χ2n) is 6.63. The fraction of sp³-hybridized carbons (Fsp3) is 0.143. The Labute approximate surface area is 165 Å². The van der Waals surface area contributed by atoms with Crippen molar-refractivity contribution in [3.8, 4) is 11.5 Å². The summed E-state index contributed by atoms with van der Waals surface area (Å²) in [5.41, 5.74) is 4.12. The standard InChI is InChI=1S/C21H16BrN3O2/c22-15-3-6-20-17(11-15)19-12-18(13-1-4-16(26)5-2-13)24-25(19)21(27-20)14-7-9-23-10-8-14/h1-11,19,21,26H,12H2/t19-,21+/m0/s1. The number of hydrogen-bond donors (Lipinski definition) is 1. The van der Waals surface area contributed by atoms with Crippen LogP contribution in [0.4, 0.5) is 0 Å². The number of benzene rings is 2. The lowest BCUT2D eigenvalue weighted by Gasteiger charge is -2.38. The highest BCUT2D eigenvalue weighted by Gasteiger charge is 2.41. The molecular weight excluding hydrogens is 406 g/mol. The first kappa shape index (κ1) is 16.3. The number of pyridine rings is 1. The van der Waals surface area contributed by atoms with E-state index < -0.39 is 0 Å². The molecule has 3 aromatic rings. The molecule has 2 aliphatic heterocycles. The molecule has 0 radical (unpaired) electrons. The van der Waals surface area contributed by atoms with Crippen LogP contribution >= 0.6 is 15.9 Å². The van der Waals surface area contributed by atoms with E-state index in [-0.39, 0.29) is 18.0 Å². The fourth-order valence-electron chi connectivity index (χ4n) is 3.63. The molecular formula is C21H16BrN3O2. The van der Waals surface area contributed by atoms with E-state index in [1.54, 1.807) is 24.5 Å². The number of nitrogens with zero attached hydrogens (tertiary/aromatic N) is 3. The number of halogens is 1. The average Bonchev–Trinajstić information content (AvgIpc) is 3.14. The van der Waals surface area contributed by atoms with Gasteiger partial charge < -0.3 is 9.84 Å². The molecule has 0 spiro atoms. The zero-order valence-corrected chi connectivity index (χ0v) is 15.9. The van der Waals surface area contributed by atoms with E-state index in [1.165, 1.54) is 0 Å². The van der Waals surface area contributed by atoms with Gasteiger partial charge in [0.25, 0.3) is 0 Å². The largest absolute Gasteiger partial charge is 0.508 e. The molecule has 27 heavy (non-hydrogen) atoms. The molecule has 0 aliphatic carbocycles. The van der Waals surface area contributed by atoms with Gasteiger partial charge in [0.05, 0.1) is 11.8 Å². The Balaban J connectivity index is 1.60. The van der Waals surface area contributed by atoms with Crippen LogP contribution in [0.1, 0.15) is 35.4 Å². The summed E-state index contributed by atoms with van der Waals surface area (Å²) >= 11 is 3.57. The summed E-state index contributed by atoms with van der Waals surface area (Å²) < 4.78 is 7.34. The molecule has 0 unspecified atom stereocenters. The van der Waals surface area contributed by atoms with Gasteiger partial charge in [-0.25, -0.2) is 5.01 Å². The van der Waals surface area contributed by atoms with Crippen molar-refractivity contribution in [2.45, 2.75) is 18.7 Å². The Morgan fingerprint density at radius 1 is 1.04 bits per heavy atom. The number of fused-ring (bicyclic) bond motifs is 3. The smallest absolute Gasteiger partial charge is 0.213 e. The number of rotatable bonds is 2. The highest BCUT2D eigenvalue weighted by Crippen LogP contribution is 2.48. The fourth-order valence-corrected chi connectivity index (χ4v) is 4.01. The van der Waals surface area contributed by atoms with Crippen LogP contribution in [0.2, 0.25) is 0 Å². The Morgan fingerprint density at radius 3 is 2.59 bits per heavy atom. The van der Waals surface area contributed by atoms with Gasteiger partial charge in [-0.3, -0.25) is 4.98 Å². The second-order valence-corrected chi connectivity index (χ2v) is 7.54. The Morgan fingerprint density at radius 2 is 1.81 bits per heavy atom. The van der Waals surface area contributed by atoms with Crippen LogP contribution in [-0.2, 0) is 0 Å². The summed E-state index contributed by atoms with van der Waals surface area (Å²) in [4.78, 5) is 4.11. The molecule has 6 heteroatoms. The second kappa shape index (κ2) is 6.39. The number of phenolic OH excluding ortho intramolecular Hbond substituents is 1. The van der Waals surface area contributed by atoms with E-state index in [4.69, 9.17) is 9.84 Å². The normalized spacial score (nSPS) is 20.5. The van der Waals surface area contributed by atoms with E-state index in [2.05, 4.69) is 27.0 Å². The van der Waals surface area contributed by atoms with Gasteiger partial charge in [0.1, 0.15) is 11.5 Å². The third-order valence-electron chi connectivity index (χ3n) is 4.94. The first-order valence-electron chi connectivity index (χ1n) is 8.70. The Bertz CT molecular complexity index is 1020. The van der Waals surface area contributed by atoms with Crippen LogP contribution in [0.3, 0.4) is 0 Å². The molecule has 1 N–H and O–H groups in total. The molecule has 0 bridgehead atoms. The lowest BCUT2D eigenvalue weighted by Crippen LogP contribution is -2.33. The molecule has 5 rings (SSSR count). The van der Waals surface area contributed by atoms with Crippen molar-refractivity contribution < 1.29 is 9.84 Å². The van der Waals surface area contributed by atoms with Gasteiger partial charge in [-0.2, -0.15) is 5.10 Å². The number of hydrogen-bond acceptors (Lipinski definition) is 5. The molecule has 5 nitrogen and oxygen atoms in total. The van der Waals surface area contributed by atoms with Gasteiger partial charge in [0.15, 0.2) is 0 Å². The van der Waals surface area contributed by atoms with Gasteiger partial charge in [0, 0.05) is 34.4 Å². The van der Waals surface area contributed by atoms with Crippen molar-refractivity contribution in [3.63, 3.8) is 0 Å². The minimum Gasteiger partial charge on any atom is -0.508 e. The lowest BCUT2D eigenvalue weighted by molar-refractivity contribution is -0.0191. The molecule has 2 aromatic carbocycles. The third kappa shape index (κ3) is 2.86. The number of aromatic nitrogens is 1. The van der Waals surface area contributed by atoms with E-state index in [9.17, 15) is 5.11 Å². The van der Waals surface area contributed by atoms with Gasteiger partial charge in [-0.1, -0.05) is 15.9 Å². The van der Waals surface area contributed by atoms with Crippen molar-refractivity contribution in [1.82, 2.24) is 9.99 Å². The topological polar surface area (TPSA) is 58.0 Å². The minimum absolute atomic E-state index is 0.0909. The molecule has 0 saturated heterocycles. The monoisotopic (exact) mass is 421 g/mol. The summed E-state index contributed by atoms with van der Waals surface area (Å²) in [6.45, 7) is 0. The quantitative estimate of drug-likeness (QED) is 0.645. The molecule has 2 aliphatic rings. The molecule has 2 atom stereocenters. The third-order valence-corrected chi connectivity index (χ3v) is 5.44. The number of aromatic hydroxyl groups is 1. The van der Waals surface area contributed by atoms with Crippen LogP contribution in [-0.4, -0.2) is 20.8 Å². The predicted octanol–water partition coefficient (Wildman–Crippen LogP) is 4.79. The minimum atomic E-state index is -0.304. The van der Waals surface area contributed by atoms with Crippen LogP contribution in [0.15, 0.2) is 76.6 Å². The van der Waals surface area contributed by atoms with Crippen LogP contribution in [0.5, 0.6) is 11.5 Å².